The summed E-state index contributed by atoms with van der Waals surface area (Å²) in [4.78, 5) is 2.71. The smallest absolute Gasteiger partial charge is 0.200 e. The predicted octanol–water partition coefficient (Wildman–Crippen LogP) is 20.4. The standard InChI is InChI=1S/C41H77N.C24BF20/c1-4-6-8-10-12-14-16-18-20-21-23-25-27-29-31-35-39-42(41-37-33-32-36-40(41)3)38-34-30-28-26-24-22-19-17-15-13-11-9-7-5-2;26-5-1(6(27)14(35)21(42)13(5)34)25(2-7(28)15(36)22(43)16(37)8(2)29,3-9(30)17(38)23(44)18(39)10(3)31)4-11(32)19(40)24(45)20(41)12(4)33/h32-33,36-37H,4-31,34-35,38-39H2,1-3H3;/q;-1. The number of benzene rings is 5. The van der Waals surface area contributed by atoms with Crippen LogP contribution in [0.1, 0.15) is 212 Å². The number of halogens is 20. The van der Waals surface area contributed by atoms with Crippen LogP contribution in [-0.2, 0) is 0 Å². The largest absolute Gasteiger partial charge is 0.371 e. The molecule has 0 N–H and O–H groups in total. The summed E-state index contributed by atoms with van der Waals surface area (Å²) in [7, 11) is 0. The molecule has 0 saturated carbocycles. The second-order valence-corrected chi connectivity index (χ2v) is 22.5. The minimum Gasteiger partial charge on any atom is -0.371 e. The highest BCUT2D eigenvalue weighted by atomic mass is 19.2. The van der Waals surface area contributed by atoms with Crippen molar-refractivity contribution in [2.75, 3.05) is 18.0 Å². The molecule has 0 aliphatic rings. The van der Waals surface area contributed by atoms with Crippen molar-refractivity contribution in [3.8, 4) is 0 Å². The molecule has 5 rings (SSSR count). The summed E-state index contributed by atoms with van der Waals surface area (Å²) in [6.07, 6.45) is 36.0. The zero-order valence-electron chi connectivity index (χ0n) is 49.5. The van der Waals surface area contributed by atoms with E-state index < -0.39 is 144 Å². The van der Waals surface area contributed by atoms with Gasteiger partial charge in [0.2, 0.25) is 0 Å². The summed E-state index contributed by atoms with van der Waals surface area (Å²) >= 11 is 0. The molecule has 0 aliphatic carbocycles. The normalized spacial score (nSPS) is 11.7. The van der Waals surface area contributed by atoms with Gasteiger partial charge in [-0.05, 0) is 31.4 Å². The fourth-order valence-electron chi connectivity index (χ4n) is 11.5. The van der Waals surface area contributed by atoms with Gasteiger partial charge < -0.3 is 4.90 Å². The Hall–Kier alpha value is -5.44. The van der Waals surface area contributed by atoms with Gasteiger partial charge in [-0.25, -0.2) is 87.8 Å². The van der Waals surface area contributed by atoms with Crippen molar-refractivity contribution in [2.45, 2.75) is 213 Å². The van der Waals surface area contributed by atoms with Gasteiger partial charge in [0.15, 0.2) is 69.8 Å². The van der Waals surface area contributed by atoms with Gasteiger partial charge >= 0.3 is 0 Å². The zero-order valence-corrected chi connectivity index (χ0v) is 49.5. The van der Waals surface area contributed by atoms with Crippen LogP contribution in [0.15, 0.2) is 24.3 Å². The lowest BCUT2D eigenvalue weighted by Gasteiger charge is -2.44. The van der Waals surface area contributed by atoms with Gasteiger partial charge in [-0.3, -0.25) is 0 Å². The van der Waals surface area contributed by atoms with E-state index in [0.29, 0.717) is 0 Å². The summed E-state index contributed by atoms with van der Waals surface area (Å²) in [5, 5.41) is 0. The van der Waals surface area contributed by atoms with Gasteiger partial charge in [0, 0.05) is 18.8 Å². The van der Waals surface area contributed by atoms with Crippen LogP contribution in [0, 0.1) is 123 Å². The Bertz CT molecular complexity index is 2590. The maximum atomic E-state index is 15.4. The maximum Gasteiger partial charge on any atom is 0.200 e. The molecular weight excluding hydrogens is 1190 g/mol. The monoisotopic (exact) mass is 1260 g/mol. The molecule has 0 unspecified atom stereocenters. The van der Waals surface area contributed by atoms with Crippen LogP contribution >= 0.6 is 0 Å². The molecule has 0 fully saturated rings. The summed E-state index contributed by atoms with van der Waals surface area (Å²) in [6.45, 7) is 9.38. The highest BCUT2D eigenvalue weighted by molar-refractivity contribution is 7.20. The third-order valence-corrected chi connectivity index (χ3v) is 16.2. The van der Waals surface area contributed by atoms with E-state index in [2.05, 4.69) is 49.9 Å². The van der Waals surface area contributed by atoms with E-state index in [1.54, 1.807) is 0 Å². The number of aryl methyl sites for hydroxylation is 1. The first kappa shape index (κ1) is 74.0. The van der Waals surface area contributed by atoms with Crippen molar-refractivity contribution in [1.82, 2.24) is 0 Å². The van der Waals surface area contributed by atoms with Crippen LogP contribution in [0.5, 0.6) is 0 Å². The van der Waals surface area contributed by atoms with Crippen molar-refractivity contribution < 1.29 is 87.8 Å². The molecule has 5 aromatic carbocycles. The van der Waals surface area contributed by atoms with E-state index in [4.69, 9.17) is 0 Å². The number of nitrogens with zero attached hydrogens (tertiary/aromatic N) is 1. The molecule has 0 aromatic heterocycles. The van der Waals surface area contributed by atoms with Crippen LogP contribution in [0.3, 0.4) is 0 Å². The molecule has 87 heavy (non-hydrogen) atoms. The summed E-state index contributed by atoms with van der Waals surface area (Å²) in [6, 6.07) is 9.07. The molecule has 1 nitrogen and oxygen atoms in total. The number of para-hydroxylation sites is 1. The van der Waals surface area contributed by atoms with E-state index in [0.717, 1.165) is 0 Å². The highest BCUT2D eigenvalue weighted by Crippen LogP contribution is 2.32. The summed E-state index contributed by atoms with van der Waals surface area (Å²) in [5.41, 5.74) is -11.4. The predicted molar refractivity (Wildman–Crippen MR) is 302 cm³/mol. The van der Waals surface area contributed by atoms with E-state index in [-0.39, 0.29) is 0 Å². The minimum absolute atomic E-state index is 1.24. The van der Waals surface area contributed by atoms with Crippen molar-refractivity contribution in [3.05, 3.63) is 146 Å². The summed E-state index contributed by atoms with van der Waals surface area (Å²) < 4.78 is 294. The Kier molecular flexibility index (Phi) is 31.4. The Morgan fingerprint density at radius 1 is 0.241 bits per heavy atom. The Morgan fingerprint density at radius 2 is 0.414 bits per heavy atom. The average molecular weight is 1260 g/mol. The van der Waals surface area contributed by atoms with Gasteiger partial charge in [0.05, 0.1) is 0 Å². The molecule has 0 spiro atoms. The third kappa shape index (κ3) is 18.6. The average Bonchev–Trinajstić information content (AvgIpc) is 0.686. The number of anilines is 1. The van der Waals surface area contributed by atoms with Crippen molar-refractivity contribution in [2.24, 2.45) is 0 Å². The number of hydrogen-bond acceptors (Lipinski definition) is 1. The molecule has 5 aromatic rings. The Morgan fingerprint density at radius 3 is 0.609 bits per heavy atom. The van der Waals surface area contributed by atoms with E-state index in [1.807, 2.05) is 0 Å². The highest BCUT2D eigenvalue weighted by Gasteiger charge is 2.52. The third-order valence-electron chi connectivity index (χ3n) is 16.2. The molecule has 486 valence electrons. The lowest BCUT2D eigenvalue weighted by atomic mass is 9.12. The molecule has 0 saturated heterocycles. The Labute approximate surface area is 497 Å². The molecule has 0 amide bonds. The second-order valence-electron chi connectivity index (χ2n) is 22.5. The fraction of sp³-hybridized carbons (Fsp3) is 0.538. The van der Waals surface area contributed by atoms with Gasteiger partial charge in [0.1, 0.15) is 52.7 Å². The van der Waals surface area contributed by atoms with Gasteiger partial charge in [-0.1, -0.05) is 212 Å². The molecule has 0 heterocycles. The number of unbranched alkanes of at least 4 members (excludes halogenated alkanes) is 28. The summed E-state index contributed by atoms with van der Waals surface area (Å²) in [5.74, 6) is -71.4. The molecule has 0 radical (unpaired) electrons. The molecule has 0 bridgehead atoms. The van der Waals surface area contributed by atoms with Crippen LogP contribution < -0.4 is 26.8 Å². The van der Waals surface area contributed by atoms with Gasteiger partial charge in [-0.2, -0.15) is 0 Å². The molecule has 0 aliphatic heterocycles. The fourth-order valence-corrected chi connectivity index (χ4v) is 11.5. The van der Waals surface area contributed by atoms with Crippen LogP contribution in [0.25, 0.3) is 0 Å². The lowest BCUT2D eigenvalue weighted by molar-refractivity contribution is 0.378. The topological polar surface area (TPSA) is 3.24 Å². The van der Waals surface area contributed by atoms with Crippen molar-refractivity contribution in [1.29, 1.82) is 0 Å². The number of rotatable bonds is 37. The first-order chi connectivity index (χ1) is 41.5. The lowest BCUT2D eigenvalue weighted by Crippen LogP contribution is -2.81. The Balaban J connectivity index is 0.000000374. The quantitative estimate of drug-likeness (QED) is 0.0126. The van der Waals surface area contributed by atoms with Crippen LogP contribution in [0.2, 0.25) is 0 Å². The van der Waals surface area contributed by atoms with E-state index >= 15 is 35.1 Å². The van der Waals surface area contributed by atoms with E-state index in [1.165, 1.54) is 217 Å². The molecule has 0 atom stereocenters. The second kappa shape index (κ2) is 36.9. The van der Waals surface area contributed by atoms with Crippen molar-refractivity contribution >= 4 is 33.7 Å². The number of hydrogen-bond donors (Lipinski definition) is 0. The van der Waals surface area contributed by atoms with Gasteiger partial charge in [-0.15, -0.1) is 21.9 Å². The van der Waals surface area contributed by atoms with Gasteiger partial charge in [0.25, 0.3) is 0 Å². The molecule has 22 heteroatoms. The first-order valence-electron chi connectivity index (χ1n) is 30.5. The van der Waals surface area contributed by atoms with Crippen LogP contribution in [-0.4, -0.2) is 19.2 Å². The SMILES string of the molecule is CCCCCCCCCCCCCCCCCCN(CCCCCCCCCCCCCCCC)c1ccccc1C.Fc1c(F)c(F)c([B-](c2c(F)c(F)c(F)c(F)c2F)(c2c(F)c(F)c(F)c(F)c2F)c2c(F)c(F)c(F)c(F)c2F)c(F)c1F. The maximum absolute atomic E-state index is 15.4. The first-order valence-corrected chi connectivity index (χ1v) is 30.5. The van der Waals surface area contributed by atoms with Crippen LogP contribution in [0.4, 0.5) is 93.5 Å². The molecular formula is C65H77BF20N-. The van der Waals surface area contributed by atoms with E-state index in [9.17, 15) is 52.7 Å². The minimum atomic E-state index is -7.22. The van der Waals surface area contributed by atoms with Crippen molar-refractivity contribution in [3.63, 3.8) is 0 Å². The zero-order chi connectivity index (χ0) is 64.5.